The Morgan fingerprint density at radius 3 is 1.50 bits per heavy atom. The molecule has 0 amide bonds. The Hall–Kier alpha value is -1.89. The number of unbranched alkanes of at least 4 members (excludes halogenated alkanes) is 4. The summed E-state index contributed by atoms with van der Waals surface area (Å²) in [5.41, 5.74) is 0. The zero-order valence-electron chi connectivity index (χ0n) is 17.8. The Labute approximate surface area is 168 Å². The number of allylic oxidation sites excluding steroid dienone is 2. The second-order valence-corrected chi connectivity index (χ2v) is 8.10. The number of carboxylic acid groups (broad SMARTS) is 3. The normalized spacial score (nSPS) is 17.0. The van der Waals surface area contributed by atoms with Gasteiger partial charge in [-0.1, -0.05) is 18.6 Å². The topological polar surface area (TPSA) is 112 Å². The van der Waals surface area contributed by atoms with Crippen LogP contribution in [0.3, 0.4) is 0 Å². The van der Waals surface area contributed by atoms with Crippen molar-refractivity contribution in [2.75, 3.05) is 26.2 Å². The minimum atomic E-state index is -0.945. The molecule has 7 nitrogen and oxygen atoms in total. The van der Waals surface area contributed by atoms with E-state index in [-0.39, 0.29) is 24.1 Å². The highest BCUT2D eigenvalue weighted by atomic mass is 16.4. The first-order valence-corrected chi connectivity index (χ1v) is 10.2. The van der Waals surface area contributed by atoms with Gasteiger partial charge in [0.1, 0.15) is 17.8 Å². The van der Waals surface area contributed by atoms with Crippen molar-refractivity contribution in [1.29, 1.82) is 0 Å². The average Bonchev–Trinajstić information content (AvgIpc) is 2.60. The predicted molar refractivity (Wildman–Crippen MR) is 108 cm³/mol. The Kier molecular flexibility index (Phi) is 12.4. The van der Waals surface area contributed by atoms with Crippen molar-refractivity contribution >= 4 is 17.9 Å². The van der Waals surface area contributed by atoms with Gasteiger partial charge in [-0.3, -0.25) is 14.4 Å². The Balaban J connectivity index is 5.33. The molecule has 0 bridgehead atoms. The van der Waals surface area contributed by atoms with E-state index in [1.807, 2.05) is 13.0 Å². The van der Waals surface area contributed by atoms with Gasteiger partial charge in [0.2, 0.25) is 0 Å². The molecule has 0 aromatic carbocycles. The Bertz CT molecular complexity index is 476. The van der Waals surface area contributed by atoms with Crippen molar-refractivity contribution in [2.24, 2.45) is 17.8 Å². The Morgan fingerprint density at radius 1 is 0.750 bits per heavy atom. The van der Waals surface area contributed by atoms with Crippen molar-refractivity contribution in [3.8, 4) is 0 Å². The second-order valence-electron chi connectivity index (χ2n) is 8.10. The number of nitrogens with zero attached hydrogens (tertiary/aromatic N) is 1. The number of rotatable bonds is 16. The summed E-state index contributed by atoms with van der Waals surface area (Å²) in [6.45, 7) is 8.10. The highest BCUT2D eigenvalue weighted by molar-refractivity contribution is 5.70. The molecule has 0 spiro atoms. The summed E-state index contributed by atoms with van der Waals surface area (Å²) >= 11 is 0. The third kappa shape index (κ3) is 10.4. The van der Waals surface area contributed by atoms with Crippen LogP contribution < -0.4 is 0 Å². The van der Waals surface area contributed by atoms with Crippen LogP contribution in [0.15, 0.2) is 12.2 Å². The molecule has 0 rings (SSSR count). The maximum absolute atomic E-state index is 11.4. The van der Waals surface area contributed by atoms with Crippen molar-refractivity contribution in [1.82, 2.24) is 0 Å². The van der Waals surface area contributed by atoms with Crippen LogP contribution in [0.5, 0.6) is 0 Å². The van der Waals surface area contributed by atoms with Gasteiger partial charge in [-0.15, -0.1) is 0 Å². The van der Waals surface area contributed by atoms with Gasteiger partial charge in [0, 0.05) is 0 Å². The number of hydrogen-bond donors (Lipinski definition) is 3. The lowest BCUT2D eigenvalue weighted by molar-refractivity contribution is -0.934. The summed E-state index contributed by atoms with van der Waals surface area (Å²) in [5, 5.41) is 28.1. The monoisotopic (exact) mass is 400 g/mol. The summed E-state index contributed by atoms with van der Waals surface area (Å²) in [6, 6.07) is 0. The molecule has 0 aliphatic rings. The zero-order valence-corrected chi connectivity index (χ0v) is 17.8. The molecule has 0 saturated carbocycles. The smallest absolute Gasteiger partial charge is 0.311 e. The second kappa shape index (κ2) is 13.3. The van der Waals surface area contributed by atoms with Crippen LogP contribution in [0.4, 0.5) is 0 Å². The van der Waals surface area contributed by atoms with Gasteiger partial charge in [-0.25, -0.2) is 0 Å². The SMILES string of the molecule is C/C=C/CCCCCC[N+](CC(C)C(=O)O)(CC(C)C(=O)O)CC(C)C(=O)O. The minimum Gasteiger partial charge on any atom is -0.481 e. The summed E-state index contributed by atoms with van der Waals surface area (Å²) in [7, 11) is 0. The first-order valence-electron chi connectivity index (χ1n) is 10.2. The van der Waals surface area contributed by atoms with Crippen LogP contribution in [0.1, 0.15) is 59.8 Å². The van der Waals surface area contributed by atoms with Gasteiger partial charge < -0.3 is 19.8 Å². The molecule has 0 aliphatic heterocycles. The molecule has 0 saturated heterocycles. The first kappa shape index (κ1) is 26.1. The fourth-order valence-corrected chi connectivity index (χ4v) is 3.70. The summed E-state index contributed by atoms with van der Waals surface area (Å²) in [6.07, 6.45) is 9.07. The molecule has 7 heteroatoms. The highest BCUT2D eigenvalue weighted by Gasteiger charge is 2.38. The molecule has 162 valence electrons. The number of carbonyl (C=O) groups is 3. The molecule has 3 N–H and O–H groups in total. The number of carboxylic acids is 3. The third-order valence-electron chi connectivity index (χ3n) is 5.24. The Morgan fingerprint density at radius 2 is 1.14 bits per heavy atom. The molecule has 3 atom stereocenters. The van der Waals surface area contributed by atoms with Crippen LogP contribution >= 0.6 is 0 Å². The van der Waals surface area contributed by atoms with Gasteiger partial charge in [-0.2, -0.15) is 0 Å². The molecular weight excluding hydrogens is 362 g/mol. The van der Waals surface area contributed by atoms with Crippen LogP contribution in [0, 0.1) is 17.8 Å². The maximum atomic E-state index is 11.4. The van der Waals surface area contributed by atoms with Crippen LogP contribution in [0.25, 0.3) is 0 Å². The van der Waals surface area contributed by atoms with E-state index in [2.05, 4.69) is 6.08 Å². The lowest BCUT2D eigenvalue weighted by Crippen LogP contribution is -2.57. The van der Waals surface area contributed by atoms with Crippen molar-refractivity contribution in [2.45, 2.75) is 59.8 Å². The van der Waals surface area contributed by atoms with E-state index in [1.54, 1.807) is 20.8 Å². The number of aliphatic carboxylic acids is 3. The minimum absolute atomic E-state index is 0.212. The van der Waals surface area contributed by atoms with Crippen LogP contribution in [-0.2, 0) is 14.4 Å². The summed E-state index contributed by atoms with van der Waals surface area (Å²) < 4.78 is 0.212. The summed E-state index contributed by atoms with van der Waals surface area (Å²) in [5.74, 6) is -4.84. The fourth-order valence-electron chi connectivity index (χ4n) is 3.70. The molecule has 0 aromatic heterocycles. The molecule has 0 radical (unpaired) electrons. The molecule has 0 aromatic rings. The van der Waals surface area contributed by atoms with Crippen LogP contribution in [-0.4, -0.2) is 63.9 Å². The first-order chi connectivity index (χ1) is 13.0. The lowest BCUT2D eigenvalue weighted by atomic mass is 10.0. The van der Waals surface area contributed by atoms with E-state index in [4.69, 9.17) is 0 Å². The van der Waals surface area contributed by atoms with Gasteiger partial charge in [0.05, 0.1) is 26.2 Å². The van der Waals surface area contributed by atoms with Crippen molar-refractivity contribution in [3.05, 3.63) is 12.2 Å². The van der Waals surface area contributed by atoms with E-state index in [1.165, 1.54) is 0 Å². The molecule has 0 heterocycles. The standard InChI is InChI=1S/C21H37NO6/c1-5-6-7-8-9-10-11-12-22(13-16(2)19(23)24,14-17(3)20(25)26)15-18(4)21(27)28/h5-6,16-18H,7-15H2,1-4H3,(H2-,23,24,25,26,27,28)/p+1/b6-5+. The van der Waals surface area contributed by atoms with Gasteiger partial charge >= 0.3 is 17.9 Å². The fraction of sp³-hybridized carbons (Fsp3) is 0.762. The molecule has 28 heavy (non-hydrogen) atoms. The van der Waals surface area contributed by atoms with E-state index >= 15 is 0 Å². The van der Waals surface area contributed by atoms with E-state index < -0.39 is 35.7 Å². The molecular formula is C21H38NO6+. The van der Waals surface area contributed by atoms with Crippen LogP contribution in [0.2, 0.25) is 0 Å². The average molecular weight is 401 g/mol. The predicted octanol–water partition coefficient (Wildman–Crippen LogP) is 3.49. The van der Waals surface area contributed by atoms with Crippen molar-refractivity contribution in [3.63, 3.8) is 0 Å². The highest BCUT2D eigenvalue weighted by Crippen LogP contribution is 2.22. The van der Waals surface area contributed by atoms with Crippen molar-refractivity contribution < 1.29 is 34.2 Å². The summed E-state index contributed by atoms with van der Waals surface area (Å²) in [4.78, 5) is 34.3. The molecule has 3 unspecified atom stereocenters. The number of hydrogen-bond acceptors (Lipinski definition) is 3. The van der Waals surface area contributed by atoms with Gasteiger partial charge in [0.15, 0.2) is 0 Å². The van der Waals surface area contributed by atoms with E-state index in [9.17, 15) is 29.7 Å². The zero-order chi connectivity index (χ0) is 21.7. The van der Waals surface area contributed by atoms with Gasteiger partial charge in [0.25, 0.3) is 0 Å². The maximum Gasteiger partial charge on any atom is 0.311 e. The van der Waals surface area contributed by atoms with E-state index in [0.717, 1.165) is 32.1 Å². The number of quaternary nitrogens is 1. The quantitative estimate of drug-likeness (QED) is 0.208. The largest absolute Gasteiger partial charge is 0.481 e. The van der Waals surface area contributed by atoms with Gasteiger partial charge in [-0.05, 0) is 53.4 Å². The lowest BCUT2D eigenvalue weighted by Gasteiger charge is -2.42. The third-order valence-corrected chi connectivity index (χ3v) is 5.24. The molecule has 0 aliphatic carbocycles. The van der Waals surface area contributed by atoms with E-state index in [0.29, 0.717) is 6.54 Å². The molecule has 0 fully saturated rings.